The van der Waals surface area contributed by atoms with E-state index in [1.165, 1.54) is 4.68 Å². The van der Waals surface area contributed by atoms with Gasteiger partial charge < -0.3 is 4.90 Å². The summed E-state index contributed by atoms with van der Waals surface area (Å²) in [7, 11) is 0. The summed E-state index contributed by atoms with van der Waals surface area (Å²) in [4.78, 5) is 27.7. The van der Waals surface area contributed by atoms with Crippen LogP contribution in [0.2, 0.25) is 0 Å². The van der Waals surface area contributed by atoms with E-state index in [0.717, 1.165) is 42.0 Å². The molecule has 0 saturated carbocycles. The first-order valence-electron chi connectivity index (χ1n) is 8.74. The highest BCUT2D eigenvalue weighted by Crippen LogP contribution is 2.25. The SMILES string of the molecule is Cc1nn([C@@H](C)C(=O)N2CCC(C)CC2)c(=O)c2cc3sccc3n12. The fourth-order valence-corrected chi connectivity index (χ4v) is 4.46. The molecule has 1 saturated heterocycles. The molecule has 0 bridgehead atoms. The lowest BCUT2D eigenvalue weighted by Crippen LogP contribution is -2.44. The second kappa shape index (κ2) is 5.98. The molecule has 0 N–H and O–H groups in total. The van der Waals surface area contributed by atoms with E-state index in [1.54, 1.807) is 18.3 Å². The molecule has 3 aromatic heterocycles. The predicted molar refractivity (Wildman–Crippen MR) is 99.3 cm³/mol. The third kappa shape index (κ3) is 2.57. The summed E-state index contributed by atoms with van der Waals surface area (Å²) < 4.78 is 4.29. The maximum Gasteiger partial charge on any atom is 0.291 e. The van der Waals surface area contributed by atoms with Gasteiger partial charge >= 0.3 is 0 Å². The van der Waals surface area contributed by atoms with E-state index in [4.69, 9.17) is 0 Å². The average molecular weight is 358 g/mol. The molecule has 4 rings (SSSR count). The maximum atomic E-state index is 12.9. The van der Waals surface area contributed by atoms with Crippen LogP contribution in [-0.2, 0) is 4.79 Å². The van der Waals surface area contributed by atoms with Crippen LogP contribution in [0, 0.1) is 12.8 Å². The van der Waals surface area contributed by atoms with Gasteiger partial charge in [-0.1, -0.05) is 6.92 Å². The molecule has 132 valence electrons. The third-order valence-corrected chi connectivity index (χ3v) is 6.10. The molecular weight excluding hydrogens is 336 g/mol. The Morgan fingerprint density at radius 3 is 2.76 bits per heavy atom. The summed E-state index contributed by atoms with van der Waals surface area (Å²) in [6.45, 7) is 7.39. The number of aryl methyl sites for hydroxylation is 1. The summed E-state index contributed by atoms with van der Waals surface area (Å²) in [5, 5.41) is 6.46. The van der Waals surface area contributed by atoms with Crippen molar-refractivity contribution in [1.82, 2.24) is 19.1 Å². The van der Waals surface area contributed by atoms with Crippen molar-refractivity contribution in [2.75, 3.05) is 13.1 Å². The standard InChI is InChI=1S/C18H22N4O2S/c1-11-4-7-20(8-5-11)17(23)12(2)22-18(24)15-10-16-14(6-9-25-16)21(15)13(3)19-22/h6,9-12H,4-5,7-8H2,1-3H3/t12-/m0/s1. The van der Waals surface area contributed by atoms with Crippen LogP contribution in [0.3, 0.4) is 0 Å². The van der Waals surface area contributed by atoms with Gasteiger partial charge in [-0.25, -0.2) is 4.68 Å². The van der Waals surface area contributed by atoms with Crippen molar-refractivity contribution in [2.45, 2.75) is 39.7 Å². The Balaban J connectivity index is 1.74. The van der Waals surface area contributed by atoms with Crippen molar-refractivity contribution in [3.8, 4) is 0 Å². The third-order valence-electron chi connectivity index (χ3n) is 5.25. The normalized spacial score (nSPS) is 17.5. The van der Waals surface area contributed by atoms with E-state index in [1.807, 2.05) is 33.7 Å². The first-order chi connectivity index (χ1) is 12.0. The summed E-state index contributed by atoms with van der Waals surface area (Å²) in [5.41, 5.74) is 1.37. The number of carbonyl (C=O) groups excluding carboxylic acids is 1. The van der Waals surface area contributed by atoms with Crippen LogP contribution in [0.15, 0.2) is 22.3 Å². The first-order valence-corrected chi connectivity index (χ1v) is 9.62. The lowest BCUT2D eigenvalue weighted by molar-refractivity contribution is -0.136. The van der Waals surface area contributed by atoms with Crippen molar-refractivity contribution >= 4 is 33.0 Å². The highest BCUT2D eigenvalue weighted by Gasteiger charge is 2.27. The second-order valence-electron chi connectivity index (χ2n) is 7.02. The highest BCUT2D eigenvalue weighted by molar-refractivity contribution is 7.17. The predicted octanol–water partition coefficient (Wildman–Crippen LogP) is 2.84. The van der Waals surface area contributed by atoms with Crippen LogP contribution in [0.1, 0.15) is 38.6 Å². The van der Waals surface area contributed by atoms with Gasteiger partial charge in [-0.15, -0.1) is 11.3 Å². The molecule has 0 unspecified atom stereocenters. The largest absolute Gasteiger partial charge is 0.341 e. The summed E-state index contributed by atoms with van der Waals surface area (Å²) >= 11 is 1.60. The molecular formula is C18H22N4O2S. The van der Waals surface area contributed by atoms with Crippen LogP contribution in [0.25, 0.3) is 15.7 Å². The van der Waals surface area contributed by atoms with E-state index in [2.05, 4.69) is 12.0 Å². The number of amides is 1. The topological polar surface area (TPSA) is 59.6 Å². The van der Waals surface area contributed by atoms with E-state index in [9.17, 15) is 9.59 Å². The van der Waals surface area contributed by atoms with Gasteiger partial charge in [0, 0.05) is 13.1 Å². The van der Waals surface area contributed by atoms with Gasteiger partial charge in [0.2, 0.25) is 5.91 Å². The number of piperidine rings is 1. The fraction of sp³-hybridized carbons (Fsp3) is 0.500. The minimum absolute atomic E-state index is 0.0152. The molecule has 1 atom stereocenters. The molecule has 0 aliphatic carbocycles. The molecule has 0 radical (unpaired) electrons. The number of carbonyl (C=O) groups is 1. The average Bonchev–Trinajstić information content (AvgIpc) is 3.18. The van der Waals surface area contributed by atoms with Gasteiger partial charge in [-0.05, 0) is 50.1 Å². The number of hydrogen-bond acceptors (Lipinski definition) is 4. The summed E-state index contributed by atoms with van der Waals surface area (Å²) in [5.74, 6) is 1.36. The number of thiophene rings is 1. The second-order valence-corrected chi connectivity index (χ2v) is 7.96. The quantitative estimate of drug-likeness (QED) is 0.708. The van der Waals surface area contributed by atoms with Gasteiger partial charge in [0.15, 0.2) is 0 Å². The smallest absolute Gasteiger partial charge is 0.291 e. The molecule has 0 spiro atoms. The van der Waals surface area contributed by atoms with Gasteiger partial charge in [0.1, 0.15) is 17.4 Å². The lowest BCUT2D eigenvalue weighted by atomic mass is 9.99. The van der Waals surface area contributed by atoms with Crippen LogP contribution >= 0.6 is 11.3 Å². The number of hydrogen-bond donors (Lipinski definition) is 0. The molecule has 7 heteroatoms. The number of aromatic nitrogens is 3. The number of nitrogens with zero attached hydrogens (tertiary/aromatic N) is 4. The fourth-order valence-electron chi connectivity index (χ4n) is 3.66. The number of rotatable bonds is 2. The highest BCUT2D eigenvalue weighted by atomic mass is 32.1. The van der Waals surface area contributed by atoms with Gasteiger partial charge in [0.05, 0.1) is 10.2 Å². The Bertz CT molecular complexity index is 1010. The van der Waals surface area contributed by atoms with Crippen molar-refractivity contribution in [2.24, 2.45) is 5.92 Å². The monoisotopic (exact) mass is 358 g/mol. The summed E-state index contributed by atoms with van der Waals surface area (Å²) in [6, 6.07) is 3.31. The molecule has 1 amide bonds. The number of likely N-dealkylation sites (tertiary alicyclic amines) is 1. The van der Waals surface area contributed by atoms with E-state index < -0.39 is 6.04 Å². The van der Waals surface area contributed by atoms with Gasteiger partial charge in [-0.2, -0.15) is 5.10 Å². The zero-order chi connectivity index (χ0) is 17.7. The molecule has 1 aliphatic heterocycles. The van der Waals surface area contributed by atoms with Crippen LogP contribution in [-0.4, -0.2) is 38.1 Å². The zero-order valence-corrected chi connectivity index (χ0v) is 15.5. The Hall–Kier alpha value is -2.15. The van der Waals surface area contributed by atoms with Crippen LogP contribution in [0.5, 0.6) is 0 Å². The van der Waals surface area contributed by atoms with Crippen molar-refractivity contribution in [3.63, 3.8) is 0 Å². The van der Waals surface area contributed by atoms with Crippen LogP contribution in [0.4, 0.5) is 0 Å². The molecule has 1 aliphatic rings. The Labute approximate surface area is 149 Å². The Morgan fingerprint density at radius 2 is 2.04 bits per heavy atom. The lowest BCUT2D eigenvalue weighted by Gasteiger charge is -2.32. The van der Waals surface area contributed by atoms with E-state index >= 15 is 0 Å². The van der Waals surface area contributed by atoms with Gasteiger partial charge in [0.25, 0.3) is 5.56 Å². The van der Waals surface area contributed by atoms with Crippen molar-refractivity contribution < 1.29 is 4.79 Å². The molecule has 6 nitrogen and oxygen atoms in total. The molecule has 4 heterocycles. The van der Waals surface area contributed by atoms with Crippen LogP contribution < -0.4 is 5.56 Å². The van der Waals surface area contributed by atoms with Crippen molar-refractivity contribution in [3.05, 3.63) is 33.7 Å². The van der Waals surface area contributed by atoms with E-state index in [0.29, 0.717) is 11.4 Å². The molecule has 1 fully saturated rings. The van der Waals surface area contributed by atoms with Crippen molar-refractivity contribution in [1.29, 1.82) is 0 Å². The number of fused-ring (bicyclic) bond motifs is 3. The Kier molecular flexibility index (Phi) is 3.91. The Morgan fingerprint density at radius 1 is 1.32 bits per heavy atom. The minimum Gasteiger partial charge on any atom is -0.341 e. The zero-order valence-electron chi connectivity index (χ0n) is 14.7. The maximum absolute atomic E-state index is 12.9. The first kappa shape index (κ1) is 16.3. The molecule has 0 aromatic carbocycles. The molecule has 25 heavy (non-hydrogen) atoms. The summed E-state index contributed by atoms with van der Waals surface area (Å²) in [6.07, 6.45) is 2.04. The molecule has 3 aromatic rings. The van der Waals surface area contributed by atoms with E-state index in [-0.39, 0.29) is 11.5 Å². The van der Waals surface area contributed by atoms with Gasteiger partial charge in [-0.3, -0.25) is 14.0 Å². The minimum atomic E-state index is -0.586.